The molecule has 0 fully saturated rings. The van der Waals surface area contributed by atoms with Crippen molar-refractivity contribution in [2.75, 3.05) is 12.8 Å². The summed E-state index contributed by atoms with van der Waals surface area (Å²) >= 11 is 0. The number of amidine groups is 1. The van der Waals surface area contributed by atoms with Crippen LogP contribution >= 0.6 is 0 Å². The molecule has 0 aliphatic rings. The topological polar surface area (TPSA) is 101 Å². The maximum Gasteiger partial charge on any atom is 0.133 e. The zero-order chi connectivity index (χ0) is 15.4. The van der Waals surface area contributed by atoms with E-state index in [1.165, 1.54) is 4.90 Å². The number of hydrogen-bond donors (Lipinski definition) is 3. The van der Waals surface area contributed by atoms with Crippen molar-refractivity contribution in [2.24, 2.45) is 0 Å². The molecule has 5 heteroatoms. The standard InChI is InChI=1S/C16H15N5/c1-21(10-18)16(20)15-7-11(9-17)5-6-14(15)12-3-2-4-13(19)8-12/h2-8,10,18,20H,19H2,1H3. The predicted molar refractivity (Wildman–Crippen MR) is 84.4 cm³/mol. The van der Waals surface area contributed by atoms with E-state index in [9.17, 15) is 0 Å². The van der Waals surface area contributed by atoms with Gasteiger partial charge in [0.25, 0.3) is 0 Å². The van der Waals surface area contributed by atoms with Gasteiger partial charge in [-0.1, -0.05) is 18.2 Å². The van der Waals surface area contributed by atoms with E-state index < -0.39 is 0 Å². The molecular weight excluding hydrogens is 262 g/mol. The Labute approximate surface area is 123 Å². The quantitative estimate of drug-likeness (QED) is 0.456. The Kier molecular flexibility index (Phi) is 4.00. The largest absolute Gasteiger partial charge is 0.399 e. The summed E-state index contributed by atoms with van der Waals surface area (Å²) in [7, 11) is 1.62. The number of benzene rings is 2. The third kappa shape index (κ3) is 2.90. The van der Waals surface area contributed by atoms with E-state index in [-0.39, 0.29) is 5.84 Å². The van der Waals surface area contributed by atoms with Gasteiger partial charge in [-0.25, -0.2) is 0 Å². The molecule has 5 nitrogen and oxygen atoms in total. The lowest BCUT2D eigenvalue weighted by Crippen LogP contribution is -2.25. The fourth-order valence-corrected chi connectivity index (χ4v) is 2.02. The highest BCUT2D eigenvalue weighted by Crippen LogP contribution is 2.27. The van der Waals surface area contributed by atoms with Crippen molar-refractivity contribution >= 4 is 17.9 Å². The second kappa shape index (κ2) is 5.88. The van der Waals surface area contributed by atoms with Crippen LogP contribution in [0.5, 0.6) is 0 Å². The zero-order valence-corrected chi connectivity index (χ0v) is 11.6. The lowest BCUT2D eigenvalue weighted by atomic mass is 9.96. The van der Waals surface area contributed by atoms with E-state index in [0.29, 0.717) is 16.8 Å². The van der Waals surface area contributed by atoms with Crippen molar-refractivity contribution in [1.29, 1.82) is 16.1 Å². The van der Waals surface area contributed by atoms with Crippen molar-refractivity contribution in [2.45, 2.75) is 0 Å². The monoisotopic (exact) mass is 277 g/mol. The molecule has 0 radical (unpaired) electrons. The minimum atomic E-state index is 0.152. The molecule has 4 N–H and O–H groups in total. The Bertz CT molecular complexity index is 743. The van der Waals surface area contributed by atoms with Gasteiger partial charge in [-0.15, -0.1) is 0 Å². The number of hydrogen-bond acceptors (Lipinski definition) is 4. The van der Waals surface area contributed by atoms with E-state index in [0.717, 1.165) is 17.5 Å². The number of nitrogens with one attached hydrogen (secondary N) is 2. The number of nitrogens with zero attached hydrogens (tertiary/aromatic N) is 2. The molecule has 0 bridgehead atoms. The minimum absolute atomic E-state index is 0.152. The Morgan fingerprint density at radius 1 is 1.29 bits per heavy atom. The Morgan fingerprint density at radius 3 is 2.67 bits per heavy atom. The summed E-state index contributed by atoms with van der Waals surface area (Å²) in [6.07, 6.45) is 1.06. The number of nitrogen functional groups attached to an aromatic ring is 1. The maximum atomic E-state index is 9.05. The highest BCUT2D eigenvalue weighted by molar-refractivity contribution is 6.06. The second-order valence-corrected chi connectivity index (χ2v) is 4.59. The maximum absolute atomic E-state index is 9.05. The smallest absolute Gasteiger partial charge is 0.133 e. The SMILES string of the molecule is CN(C=N)C(=N)c1cc(C#N)ccc1-c1cccc(N)c1. The van der Waals surface area contributed by atoms with Crippen LogP contribution in [0.2, 0.25) is 0 Å². The molecule has 0 spiro atoms. The summed E-state index contributed by atoms with van der Waals surface area (Å²) in [5, 5.41) is 24.5. The zero-order valence-electron chi connectivity index (χ0n) is 11.6. The van der Waals surface area contributed by atoms with Crippen molar-refractivity contribution in [1.82, 2.24) is 4.90 Å². The Hall–Kier alpha value is -3.13. The summed E-state index contributed by atoms with van der Waals surface area (Å²) in [5.74, 6) is 0.152. The van der Waals surface area contributed by atoms with E-state index in [4.69, 9.17) is 21.8 Å². The first-order valence-electron chi connectivity index (χ1n) is 6.29. The highest BCUT2D eigenvalue weighted by atomic mass is 15.1. The summed E-state index contributed by atoms with van der Waals surface area (Å²) in [6, 6.07) is 14.6. The van der Waals surface area contributed by atoms with E-state index in [1.54, 1.807) is 31.3 Å². The summed E-state index contributed by atoms with van der Waals surface area (Å²) < 4.78 is 0. The van der Waals surface area contributed by atoms with Crippen LogP contribution in [0.15, 0.2) is 42.5 Å². The predicted octanol–water partition coefficient (Wildman–Crippen LogP) is 2.67. The van der Waals surface area contributed by atoms with Gasteiger partial charge in [0.15, 0.2) is 0 Å². The summed E-state index contributed by atoms with van der Waals surface area (Å²) in [4.78, 5) is 1.38. The van der Waals surface area contributed by atoms with Gasteiger partial charge in [-0.2, -0.15) is 5.26 Å². The summed E-state index contributed by atoms with van der Waals surface area (Å²) in [5.41, 5.74) is 9.19. The molecule has 0 unspecified atom stereocenters. The van der Waals surface area contributed by atoms with Crippen LogP contribution in [0.3, 0.4) is 0 Å². The van der Waals surface area contributed by atoms with Crippen molar-refractivity contribution in [3.63, 3.8) is 0 Å². The average molecular weight is 277 g/mol. The molecule has 0 saturated heterocycles. The molecule has 0 heterocycles. The van der Waals surface area contributed by atoms with E-state index >= 15 is 0 Å². The van der Waals surface area contributed by atoms with E-state index in [2.05, 4.69) is 6.07 Å². The Balaban J connectivity index is 2.63. The normalized spacial score (nSPS) is 9.71. The van der Waals surface area contributed by atoms with Gasteiger partial charge in [-0.05, 0) is 35.4 Å². The number of nitriles is 1. The molecule has 0 aromatic heterocycles. The van der Waals surface area contributed by atoms with Crippen molar-refractivity contribution < 1.29 is 0 Å². The first-order valence-corrected chi connectivity index (χ1v) is 6.29. The van der Waals surface area contributed by atoms with Crippen LogP contribution in [-0.2, 0) is 0 Å². The number of rotatable bonds is 3. The molecule has 0 saturated carbocycles. The molecule has 104 valence electrons. The van der Waals surface area contributed by atoms with Gasteiger partial charge < -0.3 is 10.6 Å². The third-order valence-corrected chi connectivity index (χ3v) is 3.15. The molecule has 0 amide bonds. The van der Waals surface area contributed by atoms with Gasteiger partial charge in [0, 0.05) is 18.3 Å². The molecule has 0 aliphatic carbocycles. The molecular formula is C16H15N5. The molecule has 0 atom stereocenters. The van der Waals surface area contributed by atoms with Crippen LogP contribution < -0.4 is 5.73 Å². The molecule has 2 rings (SSSR count). The van der Waals surface area contributed by atoms with Gasteiger partial charge in [0.2, 0.25) is 0 Å². The number of nitrogens with two attached hydrogens (primary N) is 1. The third-order valence-electron chi connectivity index (χ3n) is 3.15. The van der Waals surface area contributed by atoms with Crippen LogP contribution in [0.4, 0.5) is 5.69 Å². The van der Waals surface area contributed by atoms with Crippen molar-refractivity contribution in [3.8, 4) is 17.2 Å². The fourth-order valence-electron chi connectivity index (χ4n) is 2.02. The molecule has 0 aliphatic heterocycles. The lowest BCUT2D eigenvalue weighted by molar-refractivity contribution is 0.765. The van der Waals surface area contributed by atoms with Crippen LogP contribution in [0, 0.1) is 22.1 Å². The first kappa shape index (κ1) is 14.3. The Morgan fingerprint density at radius 2 is 2.05 bits per heavy atom. The van der Waals surface area contributed by atoms with Gasteiger partial charge in [-0.3, -0.25) is 10.8 Å². The highest BCUT2D eigenvalue weighted by Gasteiger charge is 2.13. The minimum Gasteiger partial charge on any atom is -0.399 e. The van der Waals surface area contributed by atoms with Gasteiger partial charge in [0.05, 0.1) is 18.0 Å². The second-order valence-electron chi connectivity index (χ2n) is 4.59. The van der Waals surface area contributed by atoms with Crippen molar-refractivity contribution in [3.05, 3.63) is 53.6 Å². The fraction of sp³-hybridized carbons (Fsp3) is 0.0625. The van der Waals surface area contributed by atoms with Crippen LogP contribution in [0.1, 0.15) is 11.1 Å². The molecule has 2 aromatic carbocycles. The molecule has 21 heavy (non-hydrogen) atoms. The summed E-state index contributed by atoms with van der Waals surface area (Å²) in [6.45, 7) is 0. The molecule has 2 aromatic rings. The van der Waals surface area contributed by atoms with Crippen LogP contribution in [-0.4, -0.2) is 24.1 Å². The lowest BCUT2D eigenvalue weighted by Gasteiger charge is -2.17. The van der Waals surface area contributed by atoms with Gasteiger partial charge >= 0.3 is 0 Å². The van der Waals surface area contributed by atoms with Gasteiger partial charge in [0.1, 0.15) is 5.84 Å². The first-order chi connectivity index (χ1) is 10.1. The van der Waals surface area contributed by atoms with Crippen LogP contribution in [0.25, 0.3) is 11.1 Å². The van der Waals surface area contributed by atoms with E-state index in [1.807, 2.05) is 18.2 Å². The average Bonchev–Trinajstić information content (AvgIpc) is 2.52. The number of anilines is 1.